The van der Waals surface area contributed by atoms with E-state index in [2.05, 4.69) is 4.72 Å². The molecule has 0 aliphatic heterocycles. The maximum absolute atomic E-state index is 11.2. The van der Waals surface area contributed by atoms with Gasteiger partial charge in [-0.25, -0.2) is 13.1 Å². The fourth-order valence-corrected chi connectivity index (χ4v) is 2.66. The molecular formula is C8H19ClN2O3S. The molecule has 0 aromatic carbocycles. The smallest absolute Gasteiger partial charge is 0.212 e. The van der Waals surface area contributed by atoms with Crippen molar-refractivity contribution in [2.24, 2.45) is 0 Å². The number of likely N-dealkylation sites (N-methyl/N-ethyl adjacent to an activating group) is 1. The SMILES string of the molecule is CN(C)CC(C)(O)CNS(=O)(=O)CCCl. The van der Waals surface area contributed by atoms with Crippen LogP contribution in [0.2, 0.25) is 0 Å². The normalized spacial score (nSPS) is 16.7. The monoisotopic (exact) mass is 258 g/mol. The van der Waals surface area contributed by atoms with Gasteiger partial charge in [0, 0.05) is 19.0 Å². The summed E-state index contributed by atoms with van der Waals surface area (Å²) in [6.45, 7) is 1.96. The van der Waals surface area contributed by atoms with Crippen molar-refractivity contribution in [3.8, 4) is 0 Å². The van der Waals surface area contributed by atoms with E-state index < -0.39 is 15.6 Å². The Morgan fingerprint density at radius 1 is 1.47 bits per heavy atom. The summed E-state index contributed by atoms with van der Waals surface area (Å²) in [5, 5.41) is 9.81. The van der Waals surface area contributed by atoms with Crippen molar-refractivity contribution in [3.05, 3.63) is 0 Å². The van der Waals surface area contributed by atoms with Gasteiger partial charge in [0.1, 0.15) is 0 Å². The molecule has 1 atom stereocenters. The minimum Gasteiger partial charge on any atom is -0.387 e. The number of alkyl halides is 1. The number of sulfonamides is 1. The lowest BCUT2D eigenvalue weighted by molar-refractivity contribution is 0.0386. The summed E-state index contributed by atoms with van der Waals surface area (Å²) >= 11 is 5.33. The van der Waals surface area contributed by atoms with E-state index in [1.807, 2.05) is 14.1 Å². The predicted octanol–water partition coefficient (Wildman–Crippen LogP) is -0.543. The minimum absolute atomic E-state index is 0.00952. The quantitative estimate of drug-likeness (QED) is 0.602. The zero-order valence-corrected chi connectivity index (χ0v) is 10.9. The average molecular weight is 259 g/mol. The summed E-state index contributed by atoms with van der Waals surface area (Å²) in [7, 11) is 0.253. The molecule has 0 heterocycles. The number of hydrogen-bond acceptors (Lipinski definition) is 4. The van der Waals surface area contributed by atoms with E-state index in [-0.39, 0.29) is 18.2 Å². The lowest BCUT2D eigenvalue weighted by Crippen LogP contribution is -2.47. The van der Waals surface area contributed by atoms with E-state index >= 15 is 0 Å². The van der Waals surface area contributed by atoms with Crippen LogP contribution < -0.4 is 4.72 Å². The Labute approximate surface area is 96.5 Å². The van der Waals surface area contributed by atoms with Crippen molar-refractivity contribution in [3.63, 3.8) is 0 Å². The number of halogens is 1. The molecule has 0 aromatic heterocycles. The van der Waals surface area contributed by atoms with Crippen LogP contribution in [0.3, 0.4) is 0 Å². The van der Waals surface area contributed by atoms with Gasteiger partial charge in [-0.2, -0.15) is 0 Å². The van der Waals surface area contributed by atoms with Crippen molar-refractivity contribution in [1.82, 2.24) is 9.62 Å². The number of rotatable bonds is 7. The van der Waals surface area contributed by atoms with Gasteiger partial charge < -0.3 is 10.0 Å². The fourth-order valence-electron chi connectivity index (χ4n) is 1.18. The van der Waals surface area contributed by atoms with Crippen LogP contribution in [-0.2, 0) is 10.0 Å². The van der Waals surface area contributed by atoms with Crippen LogP contribution in [0.25, 0.3) is 0 Å². The molecule has 0 fully saturated rings. The standard InChI is InChI=1S/C8H19ClN2O3S/c1-8(12,7-11(2)3)6-10-15(13,14)5-4-9/h10,12H,4-7H2,1-3H3. The van der Waals surface area contributed by atoms with Crippen LogP contribution in [0.1, 0.15) is 6.92 Å². The van der Waals surface area contributed by atoms with Crippen LogP contribution in [0, 0.1) is 0 Å². The predicted molar refractivity (Wildman–Crippen MR) is 61.7 cm³/mol. The first-order valence-electron chi connectivity index (χ1n) is 4.59. The molecule has 0 radical (unpaired) electrons. The Kier molecular flexibility index (Phi) is 6.05. The van der Waals surface area contributed by atoms with E-state index in [4.69, 9.17) is 11.6 Å². The van der Waals surface area contributed by atoms with Crippen LogP contribution in [0.5, 0.6) is 0 Å². The highest BCUT2D eigenvalue weighted by atomic mass is 35.5. The summed E-state index contributed by atoms with van der Waals surface area (Å²) in [5.74, 6) is -0.0856. The third-order valence-electron chi connectivity index (χ3n) is 1.68. The third-order valence-corrected chi connectivity index (χ3v) is 3.41. The molecule has 7 heteroatoms. The molecule has 0 aliphatic carbocycles. The zero-order chi connectivity index (χ0) is 12.1. The lowest BCUT2D eigenvalue weighted by atomic mass is 10.1. The van der Waals surface area contributed by atoms with Crippen molar-refractivity contribution < 1.29 is 13.5 Å². The zero-order valence-electron chi connectivity index (χ0n) is 9.33. The van der Waals surface area contributed by atoms with E-state index in [0.29, 0.717) is 6.54 Å². The van der Waals surface area contributed by atoms with Crippen LogP contribution in [0.4, 0.5) is 0 Å². The average Bonchev–Trinajstić information content (AvgIpc) is 1.99. The van der Waals surface area contributed by atoms with Gasteiger partial charge in [-0.3, -0.25) is 0 Å². The molecule has 1 unspecified atom stereocenters. The molecule has 0 saturated carbocycles. The van der Waals surface area contributed by atoms with E-state index in [1.165, 1.54) is 0 Å². The molecule has 0 aliphatic rings. The number of nitrogens with one attached hydrogen (secondary N) is 1. The van der Waals surface area contributed by atoms with Crippen LogP contribution in [0.15, 0.2) is 0 Å². The minimum atomic E-state index is -3.36. The van der Waals surface area contributed by atoms with E-state index in [9.17, 15) is 13.5 Å². The van der Waals surface area contributed by atoms with Gasteiger partial charge in [-0.05, 0) is 21.0 Å². The second-order valence-electron chi connectivity index (χ2n) is 4.06. The van der Waals surface area contributed by atoms with Gasteiger partial charge in [-0.1, -0.05) is 0 Å². The Bertz CT molecular complexity index is 278. The molecule has 92 valence electrons. The summed E-state index contributed by atoms with van der Waals surface area (Å²) in [6, 6.07) is 0. The topological polar surface area (TPSA) is 69.6 Å². The molecular weight excluding hydrogens is 240 g/mol. The molecule has 0 bridgehead atoms. The highest BCUT2D eigenvalue weighted by Crippen LogP contribution is 2.03. The van der Waals surface area contributed by atoms with Crippen molar-refractivity contribution in [2.75, 3.05) is 38.8 Å². The summed E-state index contributed by atoms with van der Waals surface area (Å²) in [6.07, 6.45) is 0. The van der Waals surface area contributed by atoms with Gasteiger partial charge >= 0.3 is 0 Å². The Hall–Kier alpha value is 0.120. The molecule has 0 rings (SSSR count). The fraction of sp³-hybridized carbons (Fsp3) is 1.00. The Morgan fingerprint density at radius 3 is 2.40 bits per heavy atom. The molecule has 0 spiro atoms. The molecule has 0 aromatic rings. The summed E-state index contributed by atoms with van der Waals surface area (Å²) in [5.41, 5.74) is -1.08. The summed E-state index contributed by atoms with van der Waals surface area (Å²) in [4.78, 5) is 1.79. The first-order chi connectivity index (χ1) is 6.68. The van der Waals surface area contributed by atoms with Crippen molar-refractivity contribution >= 4 is 21.6 Å². The molecule has 0 amide bonds. The van der Waals surface area contributed by atoms with Gasteiger partial charge in [-0.15, -0.1) is 11.6 Å². The molecule has 0 saturated heterocycles. The van der Waals surface area contributed by atoms with Crippen LogP contribution >= 0.6 is 11.6 Å². The maximum atomic E-state index is 11.2. The number of nitrogens with zero attached hydrogens (tertiary/aromatic N) is 1. The molecule has 2 N–H and O–H groups in total. The van der Waals surface area contributed by atoms with Gasteiger partial charge in [0.2, 0.25) is 10.0 Å². The van der Waals surface area contributed by atoms with Crippen molar-refractivity contribution in [1.29, 1.82) is 0 Å². The van der Waals surface area contributed by atoms with E-state index in [0.717, 1.165) is 0 Å². The highest BCUT2D eigenvalue weighted by Gasteiger charge is 2.23. The van der Waals surface area contributed by atoms with Crippen LogP contribution in [-0.4, -0.2) is 62.8 Å². The lowest BCUT2D eigenvalue weighted by Gasteiger charge is -2.26. The maximum Gasteiger partial charge on any atom is 0.212 e. The number of hydrogen-bond donors (Lipinski definition) is 2. The Morgan fingerprint density at radius 2 is 2.00 bits per heavy atom. The summed E-state index contributed by atoms with van der Waals surface area (Å²) < 4.78 is 24.8. The number of aliphatic hydroxyl groups is 1. The Balaban J connectivity index is 4.14. The van der Waals surface area contributed by atoms with Crippen molar-refractivity contribution in [2.45, 2.75) is 12.5 Å². The first-order valence-corrected chi connectivity index (χ1v) is 6.78. The second-order valence-corrected chi connectivity index (χ2v) is 6.37. The van der Waals surface area contributed by atoms with Gasteiger partial charge in [0.05, 0.1) is 11.4 Å². The molecule has 5 nitrogen and oxygen atoms in total. The second kappa shape index (κ2) is 6.00. The van der Waals surface area contributed by atoms with Gasteiger partial charge in [0.25, 0.3) is 0 Å². The largest absolute Gasteiger partial charge is 0.387 e. The third kappa shape index (κ3) is 7.98. The highest BCUT2D eigenvalue weighted by molar-refractivity contribution is 7.89. The van der Waals surface area contributed by atoms with E-state index in [1.54, 1.807) is 11.8 Å². The van der Waals surface area contributed by atoms with Gasteiger partial charge in [0.15, 0.2) is 0 Å². The molecule has 15 heavy (non-hydrogen) atoms. The first kappa shape index (κ1) is 15.1.